The lowest BCUT2D eigenvalue weighted by Crippen LogP contribution is -2.41. The summed E-state index contributed by atoms with van der Waals surface area (Å²) in [4.78, 5) is 3.99. The number of rotatable bonds is 1. The monoisotopic (exact) mass is 289 g/mol. The van der Waals surface area contributed by atoms with Crippen LogP contribution in [0.5, 0.6) is 0 Å². The van der Waals surface area contributed by atoms with E-state index in [2.05, 4.69) is 24.9 Å². The summed E-state index contributed by atoms with van der Waals surface area (Å²) in [5.41, 5.74) is 5.73. The van der Waals surface area contributed by atoms with Crippen molar-refractivity contribution in [3.8, 4) is 6.07 Å². The largest absolute Gasteiger partial charge is 0.497 e. The predicted molar refractivity (Wildman–Crippen MR) is 85.0 cm³/mol. The van der Waals surface area contributed by atoms with Crippen molar-refractivity contribution in [2.24, 2.45) is 0 Å². The zero-order valence-corrected chi connectivity index (χ0v) is 13.7. The Labute approximate surface area is 127 Å². The molecular weight excluding hydrogens is 265 g/mol. The van der Waals surface area contributed by atoms with Gasteiger partial charge in [-0.05, 0) is 33.8 Å². The summed E-state index contributed by atoms with van der Waals surface area (Å²) in [6, 6.07) is 3.62. The van der Waals surface area contributed by atoms with Gasteiger partial charge in [-0.25, -0.2) is 4.98 Å². The highest BCUT2D eigenvalue weighted by atomic mass is 16.7. The smallest absolute Gasteiger partial charge is 0.399 e. The van der Waals surface area contributed by atoms with Gasteiger partial charge in [0.25, 0.3) is 0 Å². The summed E-state index contributed by atoms with van der Waals surface area (Å²) in [5, 5.41) is 9.12. The fraction of sp³-hybridized carbons (Fsp3) is 0.600. The summed E-state index contributed by atoms with van der Waals surface area (Å²) in [6.45, 7) is 12.1. The Bertz CT molecular complexity index is 522. The van der Waals surface area contributed by atoms with Gasteiger partial charge in [0.15, 0.2) is 0 Å². The molecule has 0 aliphatic carbocycles. The van der Waals surface area contributed by atoms with E-state index in [0.29, 0.717) is 16.8 Å². The van der Waals surface area contributed by atoms with Crippen LogP contribution in [0.4, 0.5) is 5.82 Å². The number of pyridine rings is 1. The second-order valence-electron chi connectivity index (χ2n) is 6.10. The Hall–Kier alpha value is -1.58. The molecule has 0 radical (unpaired) electrons. The van der Waals surface area contributed by atoms with Gasteiger partial charge in [0.2, 0.25) is 0 Å². The molecule has 0 bridgehead atoms. The van der Waals surface area contributed by atoms with Crippen LogP contribution in [0.3, 0.4) is 0 Å². The van der Waals surface area contributed by atoms with Gasteiger partial charge in [0.1, 0.15) is 5.82 Å². The Kier molecular flexibility index (Phi) is 5.38. The Morgan fingerprint density at radius 3 is 2.14 bits per heavy atom. The van der Waals surface area contributed by atoms with Crippen molar-refractivity contribution in [2.75, 3.05) is 5.73 Å². The molecule has 2 rings (SSSR count). The number of hydrogen-bond donors (Lipinski definition) is 1. The fourth-order valence-electron chi connectivity index (χ4n) is 1.74. The Morgan fingerprint density at radius 2 is 1.71 bits per heavy atom. The topological polar surface area (TPSA) is 81.2 Å². The van der Waals surface area contributed by atoms with E-state index in [9.17, 15) is 0 Å². The first-order valence-electron chi connectivity index (χ1n) is 7.19. The van der Waals surface area contributed by atoms with Crippen molar-refractivity contribution in [3.05, 3.63) is 17.8 Å². The predicted octanol–water partition coefficient (Wildman–Crippen LogP) is 2.25. The van der Waals surface area contributed by atoms with Crippen LogP contribution in [0.2, 0.25) is 0 Å². The number of nitrogens with zero attached hydrogens (tertiary/aromatic N) is 2. The zero-order valence-electron chi connectivity index (χ0n) is 13.7. The zero-order chi connectivity index (χ0) is 16.3. The van der Waals surface area contributed by atoms with E-state index in [-0.39, 0.29) is 0 Å². The molecule has 2 heterocycles. The molecule has 1 aliphatic heterocycles. The third kappa shape index (κ3) is 3.75. The maximum Gasteiger partial charge on any atom is 0.497 e. The van der Waals surface area contributed by atoms with Gasteiger partial charge >= 0.3 is 7.12 Å². The molecule has 1 saturated heterocycles. The molecule has 0 aromatic carbocycles. The van der Waals surface area contributed by atoms with Crippen molar-refractivity contribution in [3.63, 3.8) is 0 Å². The molecule has 21 heavy (non-hydrogen) atoms. The molecule has 0 amide bonds. The first-order valence-corrected chi connectivity index (χ1v) is 7.19. The van der Waals surface area contributed by atoms with Gasteiger partial charge in [-0.3, -0.25) is 0 Å². The normalized spacial score (nSPS) is 18.6. The van der Waals surface area contributed by atoms with E-state index in [4.69, 9.17) is 20.3 Å². The Balaban J connectivity index is 0.000000677. The first-order chi connectivity index (χ1) is 9.68. The van der Waals surface area contributed by atoms with Crippen LogP contribution < -0.4 is 11.2 Å². The number of anilines is 1. The summed E-state index contributed by atoms with van der Waals surface area (Å²) in [6.07, 6.45) is 2.79. The molecule has 114 valence electrons. The number of nitriles is 1. The fourth-order valence-corrected chi connectivity index (χ4v) is 1.74. The van der Waals surface area contributed by atoms with Crippen LogP contribution in [0.25, 0.3) is 0 Å². The van der Waals surface area contributed by atoms with Crippen LogP contribution in [-0.2, 0) is 9.31 Å². The van der Waals surface area contributed by atoms with Gasteiger partial charge in [-0.15, -0.1) is 0 Å². The van der Waals surface area contributed by atoms with Crippen molar-refractivity contribution in [2.45, 2.75) is 59.2 Å². The average Bonchev–Trinajstić information content (AvgIpc) is 2.59. The van der Waals surface area contributed by atoms with E-state index >= 15 is 0 Å². The maximum atomic E-state index is 9.12. The standard InChI is InChI=1S/C12H16BN3O2.C3H8/c1-11(2)12(3,4)18-13(17-11)9-7-16-10(15)5-8(9)6-14;1-3-2/h5,7H,1-4H3,(H2,15,16);3H2,1-2H3. The minimum absolute atomic E-state index is 0.312. The number of hydrogen-bond acceptors (Lipinski definition) is 5. The van der Waals surface area contributed by atoms with E-state index in [0.717, 1.165) is 0 Å². The highest BCUT2D eigenvalue weighted by molar-refractivity contribution is 6.62. The summed E-state index contributed by atoms with van der Waals surface area (Å²) in [7, 11) is -0.585. The van der Waals surface area contributed by atoms with Crippen LogP contribution >= 0.6 is 0 Å². The minimum atomic E-state index is -0.585. The molecule has 0 unspecified atom stereocenters. The highest BCUT2D eigenvalue weighted by Gasteiger charge is 2.52. The maximum absolute atomic E-state index is 9.12. The van der Waals surface area contributed by atoms with Gasteiger partial charge in [-0.2, -0.15) is 5.26 Å². The van der Waals surface area contributed by atoms with Gasteiger partial charge in [-0.1, -0.05) is 20.3 Å². The number of nitrogen functional groups attached to an aromatic ring is 1. The molecule has 2 N–H and O–H groups in total. The van der Waals surface area contributed by atoms with Crippen LogP contribution in [-0.4, -0.2) is 23.3 Å². The van der Waals surface area contributed by atoms with E-state index in [1.54, 1.807) is 0 Å². The minimum Gasteiger partial charge on any atom is -0.399 e. The van der Waals surface area contributed by atoms with Gasteiger partial charge in [0, 0.05) is 11.7 Å². The van der Waals surface area contributed by atoms with Gasteiger partial charge < -0.3 is 15.0 Å². The third-order valence-corrected chi connectivity index (χ3v) is 3.58. The Morgan fingerprint density at radius 1 is 1.24 bits per heavy atom. The highest BCUT2D eigenvalue weighted by Crippen LogP contribution is 2.36. The van der Waals surface area contributed by atoms with Crippen LogP contribution in [0, 0.1) is 11.3 Å². The molecular formula is C15H24BN3O2. The second kappa shape index (κ2) is 6.46. The van der Waals surface area contributed by atoms with E-state index in [1.807, 2.05) is 27.7 Å². The lowest BCUT2D eigenvalue weighted by molar-refractivity contribution is 0.00578. The van der Waals surface area contributed by atoms with Crippen molar-refractivity contribution >= 4 is 18.4 Å². The molecule has 1 aromatic rings. The van der Waals surface area contributed by atoms with Crippen LogP contribution in [0.1, 0.15) is 53.5 Å². The van der Waals surface area contributed by atoms with E-state index in [1.165, 1.54) is 18.7 Å². The summed E-state index contributed by atoms with van der Waals surface area (Å²) in [5.74, 6) is 0.312. The van der Waals surface area contributed by atoms with Crippen molar-refractivity contribution < 1.29 is 9.31 Å². The summed E-state index contributed by atoms with van der Waals surface area (Å²) < 4.78 is 11.8. The molecule has 5 nitrogen and oxygen atoms in total. The summed E-state index contributed by atoms with van der Waals surface area (Å²) >= 11 is 0. The molecule has 1 fully saturated rings. The molecule has 0 atom stereocenters. The first kappa shape index (κ1) is 17.5. The molecule has 0 saturated carbocycles. The lowest BCUT2D eigenvalue weighted by Gasteiger charge is -2.32. The average molecular weight is 289 g/mol. The lowest BCUT2D eigenvalue weighted by atomic mass is 9.77. The second-order valence-corrected chi connectivity index (χ2v) is 6.10. The number of nitrogens with two attached hydrogens (primary N) is 1. The molecule has 0 spiro atoms. The third-order valence-electron chi connectivity index (χ3n) is 3.58. The number of aromatic nitrogens is 1. The van der Waals surface area contributed by atoms with Crippen molar-refractivity contribution in [1.82, 2.24) is 4.98 Å². The molecule has 1 aliphatic rings. The molecule has 6 heteroatoms. The molecule has 1 aromatic heterocycles. The SMILES string of the molecule is CC1(C)OB(c2cnc(N)cc2C#N)OC1(C)C.CCC. The van der Waals surface area contributed by atoms with Crippen LogP contribution in [0.15, 0.2) is 12.3 Å². The van der Waals surface area contributed by atoms with E-state index < -0.39 is 18.3 Å². The quantitative estimate of drug-likeness (QED) is 0.802. The van der Waals surface area contributed by atoms with Gasteiger partial charge in [0.05, 0.1) is 22.8 Å². The van der Waals surface area contributed by atoms with Crippen molar-refractivity contribution in [1.29, 1.82) is 5.26 Å².